The molecule has 0 spiro atoms. The standard InChI is InChI=1S/C23H23ClN2O5/c1-25(2)11-4-12-26-22(28)21-19(20(27)17-13-15(24)7-10-18(17)31-21)23(26,29)14-5-8-16(30-3)9-6-14/h5-10,13,29H,4,11-12H2,1-3H3. The number of amides is 1. The van der Waals surface area contributed by atoms with E-state index in [2.05, 4.69) is 0 Å². The summed E-state index contributed by atoms with van der Waals surface area (Å²) in [5.74, 6) is -0.0857. The van der Waals surface area contributed by atoms with E-state index in [1.807, 2.05) is 19.0 Å². The summed E-state index contributed by atoms with van der Waals surface area (Å²) < 4.78 is 11.0. The number of ether oxygens (including phenoxy) is 1. The number of fused-ring (bicyclic) bond motifs is 2. The van der Waals surface area contributed by atoms with Gasteiger partial charge in [0, 0.05) is 17.1 Å². The van der Waals surface area contributed by atoms with Gasteiger partial charge < -0.3 is 19.2 Å². The summed E-state index contributed by atoms with van der Waals surface area (Å²) in [5.41, 5.74) is -1.93. The van der Waals surface area contributed by atoms with Crippen LogP contribution < -0.4 is 10.2 Å². The number of carbonyl (C=O) groups excluding carboxylic acids is 1. The number of methoxy groups -OCH3 is 1. The van der Waals surface area contributed by atoms with Crippen molar-refractivity contribution in [2.75, 3.05) is 34.3 Å². The third kappa shape index (κ3) is 3.48. The zero-order valence-corrected chi connectivity index (χ0v) is 18.3. The second-order valence-electron chi connectivity index (χ2n) is 7.79. The Balaban J connectivity index is 1.94. The number of nitrogens with zero attached hydrogens (tertiary/aromatic N) is 2. The van der Waals surface area contributed by atoms with E-state index < -0.39 is 17.1 Å². The zero-order chi connectivity index (χ0) is 22.3. The maximum absolute atomic E-state index is 13.5. The summed E-state index contributed by atoms with van der Waals surface area (Å²) >= 11 is 6.08. The monoisotopic (exact) mass is 442 g/mol. The van der Waals surface area contributed by atoms with E-state index in [4.69, 9.17) is 20.8 Å². The van der Waals surface area contributed by atoms with Gasteiger partial charge >= 0.3 is 0 Å². The number of benzene rings is 2. The van der Waals surface area contributed by atoms with E-state index >= 15 is 0 Å². The molecule has 4 rings (SSSR count). The summed E-state index contributed by atoms with van der Waals surface area (Å²) in [6, 6.07) is 11.2. The van der Waals surface area contributed by atoms with Gasteiger partial charge in [0.15, 0.2) is 0 Å². The number of hydrogen-bond acceptors (Lipinski definition) is 6. The Morgan fingerprint density at radius 1 is 1.16 bits per heavy atom. The molecule has 1 aromatic heterocycles. The fourth-order valence-corrected chi connectivity index (χ4v) is 4.14. The predicted octanol–water partition coefficient (Wildman–Crippen LogP) is 3.06. The van der Waals surface area contributed by atoms with E-state index in [1.165, 1.54) is 18.1 Å². The van der Waals surface area contributed by atoms with Gasteiger partial charge in [-0.3, -0.25) is 14.5 Å². The third-order valence-electron chi connectivity index (χ3n) is 5.51. The largest absolute Gasteiger partial charge is 0.497 e. The van der Waals surface area contributed by atoms with Crippen LogP contribution in [-0.4, -0.2) is 55.1 Å². The Morgan fingerprint density at radius 2 is 1.87 bits per heavy atom. The Hall–Kier alpha value is -2.87. The van der Waals surface area contributed by atoms with Crippen molar-refractivity contribution >= 4 is 28.5 Å². The minimum absolute atomic E-state index is 0.0951. The molecule has 162 valence electrons. The molecular formula is C23H23ClN2O5. The van der Waals surface area contributed by atoms with Crippen LogP contribution in [0.4, 0.5) is 0 Å². The van der Waals surface area contributed by atoms with Crippen LogP contribution in [0.15, 0.2) is 51.7 Å². The highest BCUT2D eigenvalue weighted by Gasteiger charge is 2.53. The maximum atomic E-state index is 13.5. The van der Waals surface area contributed by atoms with Gasteiger partial charge in [0.05, 0.1) is 12.5 Å². The van der Waals surface area contributed by atoms with Gasteiger partial charge in [-0.2, -0.15) is 0 Å². The molecule has 8 heteroatoms. The van der Waals surface area contributed by atoms with Crippen molar-refractivity contribution in [1.82, 2.24) is 9.80 Å². The Bertz CT molecular complexity index is 1210. The van der Waals surface area contributed by atoms with Gasteiger partial charge in [0.2, 0.25) is 16.9 Å². The van der Waals surface area contributed by atoms with Crippen molar-refractivity contribution in [1.29, 1.82) is 0 Å². The molecular weight excluding hydrogens is 420 g/mol. The van der Waals surface area contributed by atoms with Crippen LogP contribution in [0.3, 0.4) is 0 Å². The summed E-state index contributed by atoms with van der Waals surface area (Å²) in [6.07, 6.45) is 0.602. The van der Waals surface area contributed by atoms with Crippen LogP contribution in [0.1, 0.15) is 28.1 Å². The van der Waals surface area contributed by atoms with Gasteiger partial charge in [0.1, 0.15) is 16.9 Å². The highest BCUT2D eigenvalue weighted by atomic mass is 35.5. The molecule has 0 saturated carbocycles. The maximum Gasteiger partial charge on any atom is 0.293 e. The molecule has 1 atom stereocenters. The first-order valence-electron chi connectivity index (χ1n) is 9.87. The smallest absolute Gasteiger partial charge is 0.293 e. The van der Waals surface area contributed by atoms with E-state index in [-0.39, 0.29) is 28.8 Å². The number of hydrogen-bond donors (Lipinski definition) is 1. The van der Waals surface area contributed by atoms with Crippen LogP contribution in [0.2, 0.25) is 5.02 Å². The minimum Gasteiger partial charge on any atom is -0.497 e. The Labute approximate surface area is 184 Å². The molecule has 0 saturated heterocycles. The third-order valence-corrected chi connectivity index (χ3v) is 5.75. The van der Waals surface area contributed by atoms with Crippen molar-refractivity contribution in [2.45, 2.75) is 12.1 Å². The van der Waals surface area contributed by atoms with E-state index in [0.717, 1.165) is 0 Å². The second-order valence-corrected chi connectivity index (χ2v) is 8.23. The zero-order valence-electron chi connectivity index (χ0n) is 17.5. The lowest BCUT2D eigenvalue weighted by atomic mass is 9.94. The average molecular weight is 443 g/mol. The predicted molar refractivity (Wildman–Crippen MR) is 118 cm³/mol. The molecule has 0 aliphatic carbocycles. The van der Waals surface area contributed by atoms with E-state index in [0.29, 0.717) is 29.3 Å². The number of carbonyl (C=O) groups is 1. The van der Waals surface area contributed by atoms with Crippen LogP contribution in [0, 0.1) is 0 Å². The molecule has 1 N–H and O–H groups in total. The summed E-state index contributed by atoms with van der Waals surface area (Å²) in [7, 11) is 5.39. The van der Waals surface area contributed by atoms with Gasteiger partial charge in [-0.25, -0.2) is 0 Å². The van der Waals surface area contributed by atoms with Crippen LogP contribution in [0.5, 0.6) is 5.75 Å². The fourth-order valence-electron chi connectivity index (χ4n) is 3.97. The molecule has 7 nitrogen and oxygen atoms in total. The minimum atomic E-state index is -1.97. The van der Waals surface area contributed by atoms with Gasteiger partial charge in [-0.1, -0.05) is 23.7 Å². The number of halogens is 1. The molecule has 1 aliphatic rings. The molecule has 1 aliphatic heterocycles. The van der Waals surface area contributed by atoms with E-state index in [1.54, 1.807) is 36.4 Å². The lowest BCUT2D eigenvalue weighted by Crippen LogP contribution is -2.47. The molecule has 0 radical (unpaired) electrons. The highest BCUT2D eigenvalue weighted by molar-refractivity contribution is 6.31. The normalized spacial score (nSPS) is 18.1. The van der Waals surface area contributed by atoms with E-state index in [9.17, 15) is 14.7 Å². The SMILES string of the molecule is COc1ccc(C2(O)c3c(oc4ccc(Cl)cc4c3=O)C(=O)N2CCCN(C)C)cc1. The molecule has 1 amide bonds. The first-order chi connectivity index (χ1) is 14.8. The lowest BCUT2D eigenvalue weighted by Gasteiger charge is -2.34. The molecule has 2 aromatic carbocycles. The number of rotatable bonds is 6. The molecule has 0 fully saturated rings. The molecule has 2 heterocycles. The van der Waals surface area contributed by atoms with Crippen LogP contribution >= 0.6 is 11.6 Å². The van der Waals surface area contributed by atoms with Crippen molar-refractivity contribution in [2.24, 2.45) is 0 Å². The highest BCUT2D eigenvalue weighted by Crippen LogP contribution is 2.42. The first kappa shape index (κ1) is 21.4. The quantitative estimate of drug-likeness (QED) is 0.631. The van der Waals surface area contributed by atoms with Gasteiger partial charge in [-0.05, 0) is 57.4 Å². The number of aliphatic hydroxyl groups is 1. The van der Waals surface area contributed by atoms with Crippen molar-refractivity contribution in [3.8, 4) is 5.75 Å². The first-order valence-corrected chi connectivity index (χ1v) is 10.3. The fraction of sp³-hybridized carbons (Fsp3) is 0.304. The summed E-state index contributed by atoms with van der Waals surface area (Å²) in [5, 5.41) is 12.5. The summed E-state index contributed by atoms with van der Waals surface area (Å²) in [4.78, 5) is 30.1. The van der Waals surface area contributed by atoms with Crippen LogP contribution in [0.25, 0.3) is 11.0 Å². The van der Waals surface area contributed by atoms with Crippen molar-refractivity contribution < 1.29 is 19.1 Å². The summed E-state index contributed by atoms with van der Waals surface area (Å²) in [6.45, 7) is 0.943. The molecule has 1 unspecified atom stereocenters. The average Bonchev–Trinajstić information content (AvgIpc) is 2.97. The molecule has 31 heavy (non-hydrogen) atoms. The van der Waals surface area contributed by atoms with Gasteiger partial charge in [0.25, 0.3) is 5.91 Å². The topological polar surface area (TPSA) is 83.2 Å². The Morgan fingerprint density at radius 3 is 2.52 bits per heavy atom. The second kappa shape index (κ2) is 8.00. The Kier molecular flexibility index (Phi) is 5.51. The van der Waals surface area contributed by atoms with Gasteiger partial charge in [-0.15, -0.1) is 0 Å². The van der Waals surface area contributed by atoms with Crippen LogP contribution in [-0.2, 0) is 5.72 Å². The lowest BCUT2D eigenvalue weighted by molar-refractivity contribution is -0.0512. The molecule has 0 bridgehead atoms. The van der Waals surface area contributed by atoms with Crippen molar-refractivity contribution in [3.05, 3.63) is 74.6 Å². The molecule has 3 aromatic rings. The van der Waals surface area contributed by atoms with Crippen molar-refractivity contribution in [3.63, 3.8) is 0 Å².